The third-order valence-corrected chi connectivity index (χ3v) is 3.17. The average molecular weight is 259 g/mol. The van der Waals surface area contributed by atoms with Crippen LogP contribution in [0.15, 0.2) is 30.6 Å². The van der Waals surface area contributed by atoms with Gasteiger partial charge in [0.25, 0.3) is 0 Å². The fourth-order valence-electron chi connectivity index (χ4n) is 1.96. The Morgan fingerprint density at radius 1 is 1.11 bits per heavy atom. The van der Waals surface area contributed by atoms with Crippen LogP contribution in [-0.2, 0) is 0 Å². The molecule has 0 unspecified atom stereocenters. The van der Waals surface area contributed by atoms with Crippen molar-refractivity contribution < 1.29 is 0 Å². The van der Waals surface area contributed by atoms with E-state index in [1.165, 1.54) is 5.56 Å². The van der Waals surface area contributed by atoms with Crippen LogP contribution < -0.4 is 0 Å². The van der Waals surface area contributed by atoms with Gasteiger partial charge in [-0.3, -0.25) is 9.38 Å². The minimum absolute atomic E-state index is 0.508. The number of hydrogen-bond donors (Lipinski definition) is 0. The molecule has 0 atom stereocenters. The van der Waals surface area contributed by atoms with Crippen molar-refractivity contribution in [2.45, 2.75) is 13.8 Å². The predicted molar refractivity (Wildman–Crippen MR) is 70.7 cm³/mol. The molecule has 0 saturated heterocycles. The lowest BCUT2D eigenvalue weighted by molar-refractivity contribution is 1.10. The summed E-state index contributed by atoms with van der Waals surface area (Å²) in [6, 6.07) is 6.23. The molecule has 0 amide bonds. The molecule has 0 bridgehead atoms. The molecule has 0 N–H and O–H groups in total. The molecule has 2 aromatic heterocycles. The quantitative estimate of drug-likeness (QED) is 0.674. The Morgan fingerprint density at radius 2 is 1.94 bits per heavy atom. The second kappa shape index (κ2) is 4.07. The van der Waals surface area contributed by atoms with Crippen molar-refractivity contribution in [2.75, 3.05) is 0 Å². The van der Waals surface area contributed by atoms with Crippen LogP contribution in [0.25, 0.3) is 17.0 Å². The topological polar surface area (TPSA) is 43.1 Å². The van der Waals surface area contributed by atoms with E-state index in [2.05, 4.69) is 40.3 Å². The number of halogens is 1. The Labute approximate surface area is 109 Å². The van der Waals surface area contributed by atoms with E-state index in [9.17, 15) is 0 Å². The minimum Gasteiger partial charge on any atom is -0.262 e. The zero-order valence-corrected chi connectivity index (χ0v) is 10.8. The molecule has 0 fully saturated rings. The summed E-state index contributed by atoms with van der Waals surface area (Å²) in [6.45, 7) is 4.10. The van der Waals surface area contributed by atoms with Gasteiger partial charge in [0.15, 0.2) is 11.5 Å². The second-order valence-corrected chi connectivity index (χ2v) is 4.65. The van der Waals surface area contributed by atoms with Gasteiger partial charge in [-0.15, -0.1) is 10.2 Å². The van der Waals surface area contributed by atoms with Crippen LogP contribution in [0.5, 0.6) is 0 Å². The number of hydrogen-bond acceptors (Lipinski definition) is 3. The molecule has 0 aliphatic carbocycles. The van der Waals surface area contributed by atoms with E-state index >= 15 is 0 Å². The van der Waals surface area contributed by atoms with Crippen molar-refractivity contribution in [3.05, 3.63) is 46.9 Å². The highest BCUT2D eigenvalue weighted by molar-refractivity contribution is 6.29. The van der Waals surface area contributed by atoms with Gasteiger partial charge in [0.2, 0.25) is 0 Å². The maximum Gasteiger partial charge on any atom is 0.180 e. The van der Waals surface area contributed by atoms with Crippen LogP contribution in [0.1, 0.15) is 11.1 Å². The summed E-state index contributed by atoms with van der Waals surface area (Å²) in [6.07, 6.45) is 3.24. The van der Waals surface area contributed by atoms with Crippen molar-refractivity contribution in [2.24, 2.45) is 0 Å². The van der Waals surface area contributed by atoms with Gasteiger partial charge in [0.05, 0.1) is 12.4 Å². The Balaban J connectivity index is 2.35. The van der Waals surface area contributed by atoms with Gasteiger partial charge in [-0.25, -0.2) is 0 Å². The summed E-state index contributed by atoms with van der Waals surface area (Å²) in [7, 11) is 0. The maximum atomic E-state index is 6.17. The van der Waals surface area contributed by atoms with E-state index in [0.29, 0.717) is 10.8 Å². The Kier molecular flexibility index (Phi) is 2.52. The van der Waals surface area contributed by atoms with Gasteiger partial charge in [-0.05, 0) is 25.5 Å². The van der Waals surface area contributed by atoms with Crippen molar-refractivity contribution >= 4 is 17.2 Å². The molecule has 3 aromatic rings. The fourth-order valence-corrected chi connectivity index (χ4v) is 2.19. The molecular weight excluding hydrogens is 248 g/mol. The highest BCUT2D eigenvalue weighted by Crippen LogP contribution is 2.25. The smallest absolute Gasteiger partial charge is 0.180 e. The number of aromatic nitrogens is 4. The molecule has 90 valence electrons. The molecule has 4 nitrogen and oxygen atoms in total. The summed E-state index contributed by atoms with van der Waals surface area (Å²) >= 11 is 6.17. The summed E-state index contributed by atoms with van der Waals surface area (Å²) < 4.78 is 1.80. The third kappa shape index (κ3) is 1.66. The van der Waals surface area contributed by atoms with Crippen LogP contribution in [0.4, 0.5) is 0 Å². The van der Waals surface area contributed by atoms with Crippen LogP contribution in [0.3, 0.4) is 0 Å². The first-order chi connectivity index (χ1) is 8.66. The van der Waals surface area contributed by atoms with Crippen molar-refractivity contribution in [3.63, 3.8) is 0 Å². The van der Waals surface area contributed by atoms with Crippen LogP contribution in [0.2, 0.25) is 5.15 Å². The lowest BCUT2D eigenvalue weighted by Crippen LogP contribution is -1.94. The highest BCUT2D eigenvalue weighted by Gasteiger charge is 2.12. The van der Waals surface area contributed by atoms with Gasteiger partial charge in [0, 0.05) is 5.56 Å². The Morgan fingerprint density at radius 3 is 2.78 bits per heavy atom. The first kappa shape index (κ1) is 11.2. The SMILES string of the molecule is Cc1ccc(C)c(-c2nnc3cncc(Cl)n23)c1. The monoisotopic (exact) mass is 258 g/mol. The molecule has 0 aliphatic heterocycles. The molecule has 18 heavy (non-hydrogen) atoms. The van der Waals surface area contributed by atoms with Gasteiger partial charge >= 0.3 is 0 Å². The average Bonchev–Trinajstić information content (AvgIpc) is 2.77. The van der Waals surface area contributed by atoms with E-state index < -0.39 is 0 Å². The Bertz CT molecular complexity index is 733. The summed E-state index contributed by atoms with van der Waals surface area (Å²) in [5, 5.41) is 8.82. The lowest BCUT2D eigenvalue weighted by atomic mass is 10.1. The third-order valence-electron chi connectivity index (χ3n) is 2.91. The number of rotatable bonds is 1. The number of nitrogens with zero attached hydrogens (tertiary/aromatic N) is 4. The van der Waals surface area contributed by atoms with E-state index in [0.717, 1.165) is 17.0 Å². The molecule has 0 saturated carbocycles. The van der Waals surface area contributed by atoms with E-state index in [1.54, 1.807) is 16.8 Å². The molecule has 0 spiro atoms. The molecule has 5 heteroatoms. The molecule has 2 heterocycles. The fraction of sp³-hybridized carbons (Fsp3) is 0.154. The summed E-state index contributed by atoms with van der Waals surface area (Å²) in [5.74, 6) is 0.749. The van der Waals surface area contributed by atoms with Crippen molar-refractivity contribution in [1.29, 1.82) is 0 Å². The van der Waals surface area contributed by atoms with Gasteiger partial charge in [0.1, 0.15) is 5.15 Å². The van der Waals surface area contributed by atoms with E-state index in [1.807, 2.05) is 6.92 Å². The summed E-state index contributed by atoms with van der Waals surface area (Å²) in [5.41, 5.74) is 4.01. The van der Waals surface area contributed by atoms with E-state index in [4.69, 9.17) is 11.6 Å². The molecule has 1 aromatic carbocycles. The molecule has 3 rings (SSSR count). The van der Waals surface area contributed by atoms with Gasteiger partial charge in [-0.1, -0.05) is 29.3 Å². The van der Waals surface area contributed by atoms with Crippen molar-refractivity contribution in [1.82, 2.24) is 19.6 Å². The van der Waals surface area contributed by atoms with Gasteiger partial charge < -0.3 is 0 Å². The molecular formula is C13H11ClN4. The Hall–Kier alpha value is -1.94. The lowest BCUT2D eigenvalue weighted by Gasteiger charge is -2.06. The number of fused-ring (bicyclic) bond motifs is 1. The minimum atomic E-state index is 0.508. The first-order valence-corrected chi connectivity index (χ1v) is 5.97. The highest BCUT2D eigenvalue weighted by atomic mass is 35.5. The zero-order valence-electron chi connectivity index (χ0n) is 10.1. The molecule has 0 radical (unpaired) electrons. The number of benzene rings is 1. The van der Waals surface area contributed by atoms with Gasteiger partial charge in [-0.2, -0.15) is 0 Å². The largest absolute Gasteiger partial charge is 0.262 e. The standard InChI is InChI=1S/C13H11ClN4/c1-8-3-4-9(2)10(5-8)13-17-16-12-7-15-6-11(14)18(12)13/h3-7H,1-2H3. The number of aryl methyl sites for hydroxylation is 2. The zero-order chi connectivity index (χ0) is 12.7. The summed E-state index contributed by atoms with van der Waals surface area (Å²) in [4.78, 5) is 4.00. The maximum absolute atomic E-state index is 6.17. The van der Waals surface area contributed by atoms with Crippen LogP contribution >= 0.6 is 11.6 Å². The second-order valence-electron chi connectivity index (χ2n) is 4.27. The molecule has 0 aliphatic rings. The van der Waals surface area contributed by atoms with Crippen molar-refractivity contribution in [3.8, 4) is 11.4 Å². The predicted octanol–water partition coefficient (Wildman–Crippen LogP) is 3.06. The van der Waals surface area contributed by atoms with Crippen LogP contribution in [0, 0.1) is 13.8 Å². The van der Waals surface area contributed by atoms with E-state index in [-0.39, 0.29) is 0 Å². The normalized spacial score (nSPS) is 11.1. The van der Waals surface area contributed by atoms with Crippen LogP contribution in [-0.4, -0.2) is 19.6 Å². The first-order valence-electron chi connectivity index (χ1n) is 5.59.